The van der Waals surface area contributed by atoms with Gasteiger partial charge in [-0.1, -0.05) is 52.1 Å². The molecule has 1 saturated heterocycles. The van der Waals surface area contributed by atoms with Crippen LogP contribution < -0.4 is 0 Å². The van der Waals surface area contributed by atoms with E-state index in [1.54, 1.807) is 24.3 Å². The zero-order valence-corrected chi connectivity index (χ0v) is 17.4. The molecule has 0 saturated carbocycles. The Morgan fingerprint density at radius 2 is 1.62 bits per heavy atom. The molecule has 0 aromatic heterocycles. The number of hydrogen-bond donors (Lipinski definition) is 0. The Balaban J connectivity index is 2.51. The lowest BCUT2D eigenvalue weighted by molar-refractivity contribution is -0.144. The molecular formula is C18H30O4SSi. The van der Waals surface area contributed by atoms with Crippen LogP contribution in [0.1, 0.15) is 34.1 Å². The van der Waals surface area contributed by atoms with Gasteiger partial charge in [0.15, 0.2) is 15.6 Å². The lowest BCUT2D eigenvalue weighted by Crippen LogP contribution is -2.55. The number of hydrogen-bond acceptors (Lipinski definition) is 4. The monoisotopic (exact) mass is 370 g/mol. The first-order chi connectivity index (χ1) is 10.9. The van der Waals surface area contributed by atoms with Crippen molar-refractivity contribution < 1.29 is 17.9 Å². The number of ether oxygens (including phenoxy) is 2. The standard InChI is InChI=1S/C18H30O4SSi/c1-17(2,3)24(5,6)16(14-18(4)21-12-13-22-18)23(19,20)15-10-8-7-9-11-15/h7-11,16H,12-14H2,1-6H3. The molecule has 136 valence electrons. The average Bonchev–Trinajstić information content (AvgIpc) is 2.91. The second-order valence-corrected chi connectivity index (χ2v) is 16.5. The van der Waals surface area contributed by atoms with Crippen LogP contribution in [-0.4, -0.2) is 40.4 Å². The molecule has 1 atom stereocenters. The van der Waals surface area contributed by atoms with E-state index >= 15 is 0 Å². The summed E-state index contributed by atoms with van der Waals surface area (Å²) >= 11 is 0. The van der Waals surface area contributed by atoms with E-state index in [0.717, 1.165) is 0 Å². The summed E-state index contributed by atoms with van der Waals surface area (Å²) in [6, 6.07) is 8.77. The van der Waals surface area contributed by atoms with Gasteiger partial charge in [-0.15, -0.1) is 0 Å². The molecule has 0 radical (unpaired) electrons. The Morgan fingerprint density at radius 1 is 1.12 bits per heavy atom. The lowest BCUT2D eigenvalue weighted by atomic mass is 10.2. The van der Waals surface area contributed by atoms with Crippen molar-refractivity contribution in [2.24, 2.45) is 0 Å². The Morgan fingerprint density at radius 3 is 2.08 bits per heavy atom. The molecule has 6 heteroatoms. The molecule has 0 spiro atoms. The fourth-order valence-corrected chi connectivity index (χ4v) is 10.8. The maximum atomic E-state index is 13.5. The molecule has 1 aromatic carbocycles. The summed E-state index contributed by atoms with van der Waals surface area (Å²) in [5.41, 5.74) is 0. The van der Waals surface area contributed by atoms with E-state index in [1.807, 2.05) is 13.0 Å². The topological polar surface area (TPSA) is 52.6 Å². The molecule has 1 aliphatic rings. The normalized spacial score (nSPS) is 20.1. The minimum Gasteiger partial charge on any atom is -0.348 e. The highest BCUT2D eigenvalue weighted by molar-refractivity contribution is 7.94. The molecule has 1 aromatic rings. The Hall–Kier alpha value is -0.693. The van der Waals surface area contributed by atoms with Gasteiger partial charge in [0.2, 0.25) is 0 Å². The summed E-state index contributed by atoms with van der Waals surface area (Å²) in [5, 5.41) is -0.0610. The molecule has 0 bridgehead atoms. The molecule has 1 fully saturated rings. The van der Waals surface area contributed by atoms with Gasteiger partial charge in [-0.05, 0) is 24.1 Å². The second kappa shape index (κ2) is 6.55. The first-order valence-corrected chi connectivity index (χ1v) is 13.1. The van der Waals surface area contributed by atoms with Gasteiger partial charge in [0.05, 0.1) is 31.1 Å². The van der Waals surface area contributed by atoms with Crippen molar-refractivity contribution in [1.29, 1.82) is 0 Å². The molecule has 1 unspecified atom stereocenters. The van der Waals surface area contributed by atoms with E-state index in [-0.39, 0.29) is 5.04 Å². The highest BCUT2D eigenvalue weighted by Gasteiger charge is 2.52. The number of sulfone groups is 1. The first kappa shape index (κ1) is 19.6. The predicted octanol–water partition coefficient (Wildman–Crippen LogP) is 4.03. The van der Waals surface area contributed by atoms with E-state index in [2.05, 4.69) is 33.9 Å². The van der Waals surface area contributed by atoms with Crippen LogP contribution in [0.3, 0.4) is 0 Å². The van der Waals surface area contributed by atoms with Crippen LogP contribution >= 0.6 is 0 Å². The van der Waals surface area contributed by atoms with E-state index in [1.165, 1.54) is 0 Å². The van der Waals surface area contributed by atoms with Gasteiger partial charge in [0.1, 0.15) is 0 Å². The zero-order valence-electron chi connectivity index (χ0n) is 15.6. The van der Waals surface area contributed by atoms with Crippen LogP contribution in [0.15, 0.2) is 35.2 Å². The van der Waals surface area contributed by atoms with Crippen LogP contribution in [0, 0.1) is 0 Å². The minimum absolute atomic E-state index is 0.0610. The maximum absolute atomic E-state index is 13.5. The minimum atomic E-state index is -3.47. The fourth-order valence-electron chi connectivity index (χ4n) is 3.02. The number of rotatable bonds is 5. The SMILES string of the molecule is CC1(CC([Si](C)(C)C(C)(C)C)S(=O)(=O)c2ccccc2)OCCO1. The van der Waals surface area contributed by atoms with Crippen molar-refractivity contribution in [3.05, 3.63) is 30.3 Å². The van der Waals surface area contributed by atoms with Crippen LogP contribution in [0.2, 0.25) is 18.1 Å². The lowest BCUT2D eigenvalue weighted by Gasteiger charge is -2.44. The molecular weight excluding hydrogens is 340 g/mol. The quantitative estimate of drug-likeness (QED) is 0.734. The largest absolute Gasteiger partial charge is 0.348 e. The van der Waals surface area contributed by atoms with Crippen LogP contribution in [0.25, 0.3) is 0 Å². The molecule has 2 rings (SSSR count). The third-order valence-electron chi connectivity index (χ3n) is 5.64. The van der Waals surface area contributed by atoms with Crippen molar-refractivity contribution in [2.75, 3.05) is 13.2 Å². The highest BCUT2D eigenvalue weighted by Crippen LogP contribution is 2.45. The molecule has 24 heavy (non-hydrogen) atoms. The average molecular weight is 371 g/mol. The Labute approximate surface area is 147 Å². The maximum Gasteiger partial charge on any atom is 0.178 e. The summed E-state index contributed by atoms with van der Waals surface area (Å²) in [7, 11) is -5.68. The van der Waals surface area contributed by atoms with Crippen LogP contribution in [-0.2, 0) is 19.3 Å². The molecule has 1 aliphatic heterocycles. The second-order valence-electron chi connectivity index (χ2n) is 8.35. The van der Waals surface area contributed by atoms with E-state index in [4.69, 9.17) is 9.47 Å². The molecule has 4 nitrogen and oxygen atoms in total. The van der Waals surface area contributed by atoms with E-state index in [9.17, 15) is 8.42 Å². The van der Waals surface area contributed by atoms with Gasteiger partial charge in [-0.3, -0.25) is 0 Å². The van der Waals surface area contributed by atoms with Gasteiger partial charge < -0.3 is 9.47 Å². The molecule has 1 heterocycles. The summed E-state index contributed by atoms with van der Waals surface area (Å²) in [6.07, 6.45) is 0.376. The Bertz CT molecular complexity index is 656. The molecule has 0 amide bonds. The summed E-state index contributed by atoms with van der Waals surface area (Å²) < 4.78 is 38.4. The fraction of sp³-hybridized carbons (Fsp3) is 0.667. The summed E-state index contributed by atoms with van der Waals surface area (Å²) in [5.74, 6) is -0.817. The van der Waals surface area contributed by atoms with Crippen molar-refractivity contribution in [1.82, 2.24) is 0 Å². The van der Waals surface area contributed by atoms with Gasteiger partial charge in [-0.2, -0.15) is 0 Å². The first-order valence-electron chi connectivity index (χ1n) is 8.47. The van der Waals surface area contributed by atoms with E-state index in [0.29, 0.717) is 24.5 Å². The van der Waals surface area contributed by atoms with Gasteiger partial charge in [-0.25, -0.2) is 8.42 Å². The van der Waals surface area contributed by atoms with Crippen molar-refractivity contribution in [3.8, 4) is 0 Å². The van der Waals surface area contributed by atoms with Gasteiger partial charge in [0, 0.05) is 6.42 Å². The highest BCUT2D eigenvalue weighted by atomic mass is 32.2. The van der Waals surface area contributed by atoms with Crippen molar-refractivity contribution in [2.45, 2.75) is 67.8 Å². The van der Waals surface area contributed by atoms with Gasteiger partial charge in [0.25, 0.3) is 0 Å². The van der Waals surface area contributed by atoms with Gasteiger partial charge >= 0.3 is 0 Å². The summed E-state index contributed by atoms with van der Waals surface area (Å²) in [6.45, 7) is 13.7. The molecule has 0 aliphatic carbocycles. The number of benzene rings is 1. The van der Waals surface area contributed by atoms with Crippen molar-refractivity contribution >= 4 is 17.9 Å². The predicted molar refractivity (Wildman–Crippen MR) is 99.5 cm³/mol. The van der Waals surface area contributed by atoms with Crippen molar-refractivity contribution in [3.63, 3.8) is 0 Å². The van der Waals surface area contributed by atoms with E-state index < -0.39 is 28.6 Å². The zero-order chi connectivity index (χ0) is 18.2. The smallest absolute Gasteiger partial charge is 0.178 e. The third-order valence-corrected chi connectivity index (χ3v) is 15.9. The molecule has 0 N–H and O–H groups in total. The summed E-state index contributed by atoms with van der Waals surface area (Å²) in [4.78, 5) is -0.0862. The third kappa shape index (κ3) is 3.77. The Kier molecular flexibility index (Phi) is 5.36. The van der Waals surface area contributed by atoms with Crippen LogP contribution in [0.4, 0.5) is 0 Å². The van der Waals surface area contributed by atoms with Crippen LogP contribution in [0.5, 0.6) is 0 Å².